The molecule has 4 rings (SSSR count). The predicted octanol–water partition coefficient (Wildman–Crippen LogP) is 6.19. The number of thiophene rings is 1. The molecule has 0 atom stereocenters. The van der Waals surface area contributed by atoms with Crippen LogP contribution in [0.25, 0.3) is 0 Å². The second-order valence-electron chi connectivity index (χ2n) is 7.72. The third-order valence-electron chi connectivity index (χ3n) is 5.21. The first-order valence-corrected chi connectivity index (χ1v) is 11.3. The monoisotopic (exact) mass is 462 g/mol. The van der Waals surface area contributed by atoms with Crippen molar-refractivity contribution in [2.45, 2.75) is 26.9 Å². The van der Waals surface area contributed by atoms with Crippen molar-refractivity contribution in [3.8, 4) is 0 Å². The Labute approximate surface area is 195 Å². The second-order valence-corrected chi connectivity index (χ2v) is 9.09. The lowest BCUT2D eigenvalue weighted by Crippen LogP contribution is -2.30. The normalized spacial score (nSPS) is 10.8. The summed E-state index contributed by atoms with van der Waals surface area (Å²) in [7, 11) is 0. The van der Waals surface area contributed by atoms with Gasteiger partial charge in [0.25, 0.3) is 11.8 Å². The van der Waals surface area contributed by atoms with Gasteiger partial charge in [-0.15, -0.1) is 11.3 Å². The van der Waals surface area contributed by atoms with Crippen LogP contribution in [0.15, 0.2) is 77.4 Å². The van der Waals surface area contributed by atoms with Gasteiger partial charge in [0.1, 0.15) is 11.6 Å². The first-order valence-electron chi connectivity index (χ1n) is 10.4. The molecular weight excluding hydrogens is 439 g/mol. The highest BCUT2D eigenvalue weighted by Gasteiger charge is 2.20. The molecule has 0 spiro atoms. The molecule has 2 heterocycles. The van der Waals surface area contributed by atoms with E-state index in [4.69, 9.17) is 4.42 Å². The van der Waals surface area contributed by atoms with Gasteiger partial charge >= 0.3 is 0 Å². The summed E-state index contributed by atoms with van der Waals surface area (Å²) in [5.74, 6) is -0.686. The van der Waals surface area contributed by atoms with E-state index in [1.165, 1.54) is 23.1 Å². The zero-order valence-corrected chi connectivity index (χ0v) is 19.1. The van der Waals surface area contributed by atoms with Crippen molar-refractivity contribution in [2.75, 3.05) is 5.32 Å². The summed E-state index contributed by atoms with van der Waals surface area (Å²) < 4.78 is 19.5. The number of carbonyl (C=O) groups excluding carboxylic acids is 2. The Balaban J connectivity index is 1.59. The van der Waals surface area contributed by atoms with Gasteiger partial charge in [-0.05, 0) is 67.9 Å². The molecule has 5 nitrogen and oxygen atoms in total. The second kappa shape index (κ2) is 9.83. The summed E-state index contributed by atoms with van der Waals surface area (Å²) in [4.78, 5) is 30.0. The van der Waals surface area contributed by atoms with Crippen molar-refractivity contribution in [1.29, 1.82) is 0 Å². The molecule has 7 heteroatoms. The fourth-order valence-corrected chi connectivity index (χ4v) is 4.36. The maximum absolute atomic E-state index is 14.0. The van der Waals surface area contributed by atoms with Gasteiger partial charge in [0.15, 0.2) is 0 Å². The highest BCUT2D eigenvalue weighted by molar-refractivity contribution is 7.11. The van der Waals surface area contributed by atoms with Gasteiger partial charge < -0.3 is 14.6 Å². The first kappa shape index (κ1) is 22.5. The van der Waals surface area contributed by atoms with E-state index in [-0.39, 0.29) is 11.5 Å². The Kier molecular flexibility index (Phi) is 6.70. The molecule has 0 unspecified atom stereocenters. The molecule has 0 aliphatic carbocycles. The van der Waals surface area contributed by atoms with Gasteiger partial charge in [-0.3, -0.25) is 9.59 Å². The third kappa shape index (κ3) is 5.38. The molecule has 2 aromatic carbocycles. The largest absolute Gasteiger partial charge is 0.467 e. The van der Waals surface area contributed by atoms with Crippen LogP contribution in [0.2, 0.25) is 0 Å². The van der Waals surface area contributed by atoms with E-state index in [2.05, 4.69) is 5.32 Å². The van der Waals surface area contributed by atoms with Crippen LogP contribution in [-0.2, 0) is 13.1 Å². The minimum absolute atomic E-state index is 0.0545. The summed E-state index contributed by atoms with van der Waals surface area (Å²) in [5, 5.41) is 2.73. The van der Waals surface area contributed by atoms with Gasteiger partial charge in [-0.1, -0.05) is 18.2 Å². The van der Waals surface area contributed by atoms with Gasteiger partial charge in [0.2, 0.25) is 0 Å². The molecule has 4 aromatic rings. The summed E-state index contributed by atoms with van der Waals surface area (Å²) in [5.41, 5.74) is 1.59. The van der Waals surface area contributed by atoms with E-state index in [0.717, 1.165) is 10.4 Å². The summed E-state index contributed by atoms with van der Waals surface area (Å²) in [6, 6.07) is 18.6. The number of amides is 2. The van der Waals surface area contributed by atoms with Crippen molar-refractivity contribution in [1.82, 2.24) is 4.90 Å². The minimum atomic E-state index is -0.601. The summed E-state index contributed by atoms with van der Waals surface area (Å²) in [6.45, 7) is 4.59. The maximum atomic E-state index is 14.0. The highest BCUT2D eigenvalue weighted by atomic mass is 32.1. The summed E-state index contributed by atoms with van der Waals surface area (Å²) in [6.07, 6.45) is 1.58. The van der Waals surface area contributed by atoms with Crippen molar-refractivity contribution < 1.29 is 18.4 Å². The number of rotatable bonds is 7. The lowest BCUT2D eigenvalue weighted by atomic mass is 10.1. The van der Waals surface area contributed by atoms with Gasteiger partial charge in [-0.25, -0.2) is 4.39 Å². The van der Waals surface area contributed by atoms with E-state index in [9.17, 15) is 14.0 Å². The number of nitrogens with zero attached hydrogens (tertiary/aromatic N) is 1. The zero-order chi connectivity index (χ0) is 23.4. The topological polar surface area (TPSA) is 62.6 Å². The highest BCUT2D eigenvalue weighted by Crippen LogP contribution is 2.23. The van der Waals surface area contributed by atoms with Crippen LogP contribution >= 0.6 is 11.3 Å². The molecular formula is C26H23FN2O3S. The van der Waals surface area contributed by atoms with Gasteiger partial charge in [-0.2, -0.15) is 0 Å². The lowest BCUT2D eigenvalue weighted by Gasteiger charge is -2.22. The van der Waals surface area contributed by atoms with E-state index in [1.807, 2.05) is 32.0 Å². The third-order valence-corrected chi connectivity index (χ3v) is 6.19. The Morgan fingerprint density at radius 1 is 1.00 bits per heavy atom. The van der Waals surface area contributed by atoms with Crippen molar-refractivity contribution in [3.05, 3.63) is 111 Å². The predicted molar refractivity (Wildman–Crippen MR) is 127 cm³/mol. The molecule has 2 amide bonds. The number of benzene rings is 2. The molecule has 0 bridgehead atoms. The fraction of sp³-hybridized carbons (Fsp3) is 0.154. The number of furan rings is 1. The average Bonchev–Trinajstić information content (AvgIpc) is 3.46. The molecule has 0 radical (unpaired) electrons. The van der Waals surface area contributed by atoms with E-state index < -0.39 is 11.7 Å². The van der Waals surface area contributed by atoms with Crippen LogP contribution < -0.4 is 5.32 Å². The molecule has 0 saturated carbocycles. The number of halogens is 1. The fourth-order valence-electron chi connectivity index (χ4n) is 3.46. The van der Waals surface area contributed by atoms with Gasteiger partial charge in [0, 0.05) is 21.0 Å². The van der Waals surface area contributed by atoms with E-state index in [0.29, 0.717) is 30.1 Å². The number of nitrogens with one attached hydrogen (secondary N) is 1. The van der Waals surface area contributed by atoms with Gasteiger partial charge in [0.05, 0.1) is 24.9 Å². The lowest BCUT2D eigenvalue weighted by molar-refractivity contribution is 0.0719. The number of aryl methyl sites for hydroxylation is 2. The molecule has 1 N–H and O–H groups in total. The maximum Gasteiger partial charge on any atom is 0.258 e. The molecule has 0 fully saturated rings. The van der Waals surface area contributed by atoms with E-state index in [1.54, 1.807) is 52.8 Å². The van der Waals surface area contributed by atoms with Crippen molar-refractivity contribution in [3.63, 3.8) is 0 Å². The molecule has 168 valence electrons. The van der Waals surface area contributed by atoms with Crippen LogP contribution in [0.5, 0.6) is 0 Å². The number of hydrogen-bond acceptors (Lipinski definition) is 4. The number of hydrogen-bond donors (Lipinski definition) is 1. The molecule has 0 aliphatic rings. The Morgan fingerprint density at radius 3 is 2.52 bits per heavy atom. The zero-order valence-electron chi connectivity index (χ0n) is 18.3. The minimum Gasteiger partial charge on any atom is -0.467 e. The molecule has 0 aliphatic heterocycles. The van der Waals surface area contributed by atoms with Crippen molar-refractivity contribution >= 4 is 28.8 Å². The molecule has 2 aromatic heterocycles. The van der Waals surface area contributed by atoms with Crippen LogP contribution in [-0.4, -0.2) is 16.7 Å². The van der Waals surface area contributed by atoms with Crippen LogP contribution in [0.1, 0.15) is 41.8 Å². The van der Waals surface area contributed by atoms with Crippen LogP contribution in [0, 0.1) is 19.7 Å². The Hall–Kier alpha value is -3.71. The smallest absolute Gasteiger partial charge is 0.258 e. The number of anilines is 1. The molecule has 0 saturated heterocycles. The SMILES string of the molecule is Cc1ccc(CN(Cc2ccco2)C(=O)c2ccc(C)c(NC(=O)c3ccccc3F)c2)s1. The van der Waals surface area contributed by atoms with Crippen LogP contribution in [0.4, 0.5) is 10.1 Å². The molecule has 33 heavy (non-hydrogen) atoms. The first-order chi connectivity index (χ1) is 15.9. The standard InChI is InChI=1S/C26H23FN2O3S/c1-17-9-11-19(14-24(17)28-25(30)22-7-3-4-8-23(22)27)26(31)29(15-20-6-5-13-32-20)16-21-12-10-18(2)33-21/h3-14H,15-16H2,1-2H3,(H,28,30). The Bertz CT molecular complexity index is 1280. The summed E-state index contributed by atoms with van der Waals surface area (Å²) >= 11 is 1.64. The van der Waals surface area contributed by atoms with Crippen molar-refractivity contribution in [2.24, 2.45) is 0 Å². The van der Waals surface area contributed by atoms with E-state index >= 15 is 0 Å². The quantitative estimate of drug-likeness (QED) is 0.356. The average molecular weight is 463 g/mol. The number of carbonyl (C=O) groups is 2. The van der Waals surface area contributed by atoms with Crippen LogP contribution in [0.3, 0.4) is 0 Å². The Morgan fingerprint density at radius 2 is 1.82 bits per heavy atom.